The summed E-state index contributed by atoms with van der Waals surface area (Å²) in [6.45, 7) is 6.06. The highest BCUT2D eigenvalue weighted by atomic mass is 35.5. The third kappa shape index (κ3) is 5.77. The average Bonchev–Trinajstić information content (AvgIpc) is 2.55. The monoisotopic (exact) mass is 355 g/mol. The van der Waals surface area contributed by atoms with Crippen LogP contribution < -0.4 is 14.8 Å². The molecule has 0 heterocycles. The summed E-state index contributed by atoms with van der Waals surface area (Å²) >= 11 is 6.16. The molecule has 1 aromatic carbocycles. The van der Waals surface area contributed by atoms with E-state index in [9.17, 15) is 9.59 Å². The van der Waals surface area contributed by atoms with Crippen molar-refractivity contribution < 1.29 is 23.8 Å². The topological polar surface area (TPSA) is 73.9 Å². The van der Waals surface area contributed by atoms with Crippen molar-refractivity contribution in [2.45, 2.75) is 26.9 Å². The maximum atomic E-state index is 11.8. The van der Waals surface area contributed by atoms with Crippen LogP contribution in [0.15, 0.2) is 18.2 Å². The molecule has 0 spiro atoms. The Morgan fingerprint density at radius 3 is 2.62 bits per heavy atom. The van der Waals surface area contributed by atoms with Gasteiger partial charge in [-0.3, -0.25) is 4.79 Å². The number of amides is 1. The number of carbonyl (C=O) groups excluding carboxylic acids is 2. The van der Waals surface area contributed by atoms with Crippen LogP contribution in [-0.4, -0.2) is 38.2 Å². The molecule has 1 amide bonds. The second kappa shape index (κ2) is 9.82. The zero-order valence-electron chi connectivity index (χ0n) is 14.2. The SMILES string of the molecule is CCNC(=O)[C@H](C)OC(=O)/C=C/c1cc(Cl)c(OCC)c(OC)c1. The Hall–Kier alpha value is -2.21. The molecule has 0 unspecified atom stereocenters. The van der Waals surface area contributed by atoms with Crippen molar-refractivity contribution >= 4 is 29.6 Å². The molecule has 0 aromatic heterocycles. The van der Waals surface area contributed by atoms with Crippen LogP contribution >= 0.6 is 11.6 Å². The molecule has 7 heteroatoms. The predicted molar refractivity (Wildman–Crippen MR) is 92.4 cm³/mol. The van der Waals surface area contributed by atoms with Gasteiger partial charge in [0.25, 0.3) is 5.91 Å². The first-order chi connectivity index (χ1) is 11.4. The van der Waals surface area contributed by atoms with Crippen molar-refractivity contribution in [2.24, 2.45) is 0 Å². The number of ether oxygens (including phenoxy) is 3. The molecule has 0 bridgehead atoms. The number of nitrogens with one attached hydrogen (secondary N) is 1. The Kier molecular flexibility index (Phi) is 8.12. The van der Waals surface area contributed by atoms with E-state index in [0.717, 1.165) is 0 Å². The summed E-state index contributed by atoms with van der Waals surface area (Å²) in [7, 11) is 1.50. The van der Waals surface area contributed by atoms with Gasteiger partial charge in [-0.25, -0.2) is 4.79 Å². The molecule has 0 aliphatic carbocycles. The largest absolute Gasteiger partial charge is 0.493 e. The van der Waals surface area contributed by atoms with E-state index in [-0.39, 0.29) is 5.91 Å². The van der Waals surface area contributed by atoms with Gasteiger partial charge in [0, 0.05) is 12.6 Å². The highest BCUT2D eigenvalue weighted by molar-refractivity contribution is 6.32. The summed E-state index contributed by atoms with van der Waals surface area (Å²) in [5, 5.41) is 2.95. The molecule has 132 valence electrons. The van der Waals surface area contributed by atoms with Crippen LogP contribution in [0.25, 0.3) is 6.08 Å². The van der Waals surface area contributed by atoms with Crippen LogP contribution in [0.5, 0.6) is 11.5 Å². The van der Waals surface area contributed by atoms with Crippen LogP contribution in [0.3, 0.4) is 0 Å². The molecule has 1 atom stereocenters. The highest BCUT2D eigenvalue weighted by Crippen LogP contribution is 2.36. The maximum absolute atomic E-state index is 11.8. The minimum absolute atomic E-state index is 0.343. The standard InChI is InChI=1S/C17H22ClNO5/c1-5-19-17(21)11(3)24-15(20)8-7-12-9-13(18)16(23-6-2)14(10-12)22-4/h7-11H,5-6H2,1-4H3,(H,19,21)/b8-7+/t11-/m0/s1. The summed E-state index contributed by atoms with van der Waals surface area (Å²) in [6.07, 6.45) is 1.89. The Morgan fingerprint density at radius 1 is 1.33 bits per heavy atom. The van der Waals surface area contributed by atoms with Gasteiger partial charge < -0.3 is 19.5 Å². The number of methoxy groups -OCH3 is 1. The third-order valence-corrected chi connectivity index (χ3v) is 3.25. The summed E-state index contributed by atoms with van der Waals surface area (Å²) in [5.74, 6) is -0.0536. The van der Waals surface area contributed by atoms with Crippen LogP contribution in [0.1, 0.15) is 26.3 Å². The predicted octanol–water partition coefficient (Wildman–Crippen LogP) is 2.83. The quantitative estimate of drug-likeness (QED) is 0.573. The first-order valence-electron chi connectivity index (χ1n) is 7.59. The molecule has 0 aliphatic heterocycles. The number of carbonyl (C=O) groups is 2. The smallest absolute Gasteiger partial charge is 0.331 e. The summed E-state index contributed by atoms with van der Waals surface area (Å²) < 4.78 is 15.7. The number of hydrogen-bond acceptors (Lipinski definition) is 5. The lowest BCUT2D eigenvalue weighted by Gasteiger charge is -2.12. The zero-order chi connectivity index (χ0) is 18.1. The Bertz CT molecular complexity index is 615. The van der Waals surface area contributed by atoms with Gasteiger partial charge in [0.15, 0.2) is 17.6 Å². The molecular weight excluding hydrogens is 334 g/mol. The molecule has 0 aliphatic rings. The zero-order valence-corrected chi connectivity index (χ0v) is 15.0. The van der Waals surface area contributed by atoms with E-state index in [4.69, 9.17) is 25.8 Å². The van der Waals surface area contributed by atoms with Gasteiger partial charge in [0.2, 0.25) is 0 Å². The minimum atomic E-state index is -0.861. The van der Waals surface area contributed by atoms with Crippen molar-refractivity contribution in [3.05, 3.63) is 28.8 Å². The van der Waals surface area contributed by atoms with E-state index < -0.39 is 12.1 Å². The van der Waals surface area contributed by atoms with Gasteiger partial charge in [0.05, 0.1) is 18.7 Å². The van der Waals surface area contributed by atoms with Crippen molar-refractivity contribution in [2.75, 3.05) is 20.3 Å². The first-order valence-corrected chi connectivity index (χ1v) is 7.97. The molecule has 6 nitrogen and oxygen atoms in total. The molecule has 1 N–H and O–H groups in total. The maximum Gasteiger partial charge on any atom is 0.331 e. The van der Waals surface area contributed by atoms with E-state index in [1.807, 2.05) is 6.92 Å². The van der Waals surface area contributed by atoms with E-state index in [2.05, 4.69) is 5.32 Å². The Balaban J connectivity index is 2.81. The van der Waals surface area contributed by atoms with Crippen molar-refractivity contribution in [1.82, 2.24) is 5.32 Å². The Morgan fingerprint density at radius 2 is 2.04 bits per heavy atom. The number of hydrogen-bond donors (Lipinski definition) is 1. The number of benzene rings is 1. The minimum Gasteiger partial charge on any atom is -0.493 e. The summed E-state index contributed by atoms with van der Waals surface area (Å²) in [4.78, 5) is 23.3. The number of rotatable bonds is 8. The van der Waals surface area contributed by atoms with E-state index in [1.54, 1.807) is 19.1 Å². The molecule has 24 heavy (non-hydrogen) atoms. The lowest BCUT2D eigenvalue weighted by atomic mass is 10.2. The lowest BCUT2D eigenvalue weighted by Crippen LogP contribution is -2.35. The fourth-order valence-electron chi connectivity index (χ4n) is 1.87. The normalized spacial score (nSPS) is 11.9. The van der Waals surface area contributed by atoms with E-state index >= 15 is 0 Å². The van der Waals surface area contributed by atoms with Crippen LogP contribution in [0, 0.1) is 0 Å². The van der Waals surface area contributed by atoms with Crippen LogP contribution in [0.4, 0.5) is 0 Å². The molecule has 1 rings (SSSR count). The first kappa shape index (κ1) is 19.8. The highest BCUT2D eigenvalue weighted by Gasteiger charge is 2.15. The number of likely N-dealkylation sites (N-methyl/N-ethyl adjacent to an activating group) is 1. The third-order valence-electron chi connectivity index (χ3n) is 2.97. The number of halogens is 1. The Labute approximate surface area is 146 Å². The summed E-state index contributed by atoms with van der Waals surface area (Å²) in [6, 6.07) is 3.33. The molecule has 0 fully saturated rings. The van der Waals surface area contributed by atoms with E-state index in [1.165, 1.54) is 26.2 Å². The second-order valence-electron chi connectivity index (χ2n) is 4.77. The van der Waals surface area contributed by atoms with E-state index in [0.29, 0.717) is 35.2 Å². The van der Waals surface area contributed by atoms with Gasteiger partial charge in [-0.15, -0.1) is 0 Å². The van der Waals surface area contributed by atoms with Crippen molar-refractivity contribution in [1.29, 1.82) is 0 Å². The lowest BCUT2D eigenvalue weighted by molar-refractivity contribution is -0.150. The van der Waals surface area contributed by atoms with Gasteiger partial charge >= 0.3 is 5.97 Å². The van der Waals surface area contributed by atoms with Crippen molar-refractivity contribution in [3.63, 3.8) is 0 Å². The fraction of sp³-hybridized carbons (Fsp3) is 0.412. The fourth-order valence-corrected chi connectivity index (χ4v) is 2.14. The molecule has 1 aromatic rings. The van der Waals surface area contributed by atoms with Gasteiger partial charge in [-0.05, 0) is 44.5 Å². The molecule has 0 radical (unpaired) electrons. The summed E-state index contributed by atoms with van der Waals surface area (Å²) in [5.41, 5.74) is 0.642. The molecule has 0 saturated carbocycles. The van der Waals surface area contributed by atoms with Gasteiger partial charge in [0.1, 0.15) is 0 Å². The second-order valence-corrected chi connectivity index (χ2v) is 5.18. The van der Waals surface area contributed by atoms with Crippen LogP contribution in [0.2, 0.25) is 5.02 Å². The van der Waals surface area contributed by atoms with Crippen LogP contribution in [-0.2, 0) is 14.3 Å². The molecular formula is C17H22ClNO5. The molecule has 0 saturated heterocycles. The van der Waals surface area contributed by atoms with Gasteiger partial charge in [-0.2, -0.15) is 0 Å². The average molecular weight is 356 g/mol. The van der Waals surface area contributed by atoms with Gasteiger partial charge in [-0.1, -0.05) is 11.6 Å². The van der Waals surface area contributed by atoms with Crippen molar-refractivity contribution in [3.8, 4) is 11.5 Å². The number of esters is 1.